The number of anilines is 1. The van der Waals surface area contributed by atoms with E-state index in [-0.39, 0.29) is 5.63 Å². The number of pyridine rings is 1. The number of fused-ring (bicyclic) bond motifs is 1. The Labute approximate surface area is 188 Å². The molecule has 1 aromatic carbocycles. The zero-order chi connectivity index (χ0) is 22.1. The third-order valence-electron chi connectivity index (χ3n) is 6.79. The fourth-order valence-electron chi connectivity index (χ4n) is 5.10. The lowest BCUT2D eigenvalue weighted by Gasteiger charge is -2.32. The second-order valence-corrected chi connectivity index (χ2v) is 8.70. The minimum Gasteiger partial charge on any atom is -0.497 e. The molecule has 0 radical (unpaired) electrons. The molecule has 0 bridgehead atoms. The number of benzene rings is 1. The summed E-state index contributed by atoms with van der Waals surface area (Å²) in [5.41, 5.74) is 1.86. The fraction of sp³-hybridized carbons (Fsp3) is 0.480. The molecule has 7 heteroatoms. The first kappa shape index (κ1) is 20.9. The molecule has 2 saturated heterocycles. The van der Waals surface area contributed by atoms with Crippen LogP contribution in [0.4, 0.5) is 5.82 Å². The van der Waals surface area contributed by atoms with Crippen molar-refractivity contribution in [3.8, 4) is 17.2 Å². The van der Waals surface area contributed by atoms with Crippen LogP contribution in [0.15, 0.2) is 39.7 Å². The molecule has 7 nitrogen and oxygen atoms in total. The van der Waals surface area contributed by atoms with Gasteiger partial charge < -0.3 is 14.1 Å². The van der Waals surface area contributed by atoms with Crippen molar-refractivity contribution in [1.29, 1.82) is 0 Å². The van der Waals surface area contributed by atoms with Crippen LogP contribution < -0.4 is 15.3 Å². The number of ether oxygens (including phenoxy) is 1. The van der Waals surface area contributed by atoms with Gasteiger partial charge in [-0.2, -0.15) is 0 Å². The molecule has 5 rings (SSSR count). The van der Waals surface area contributed by atoms with Crippen LogP contribution in [0.3, 0.4) is 0 Å². The molecule has 0 amide bonds. The predicted octanol–water partition coefficient (Wildman–Crippen LogP) is 3.89. The minimum absolute atomic E-state index is 0.308. The van der Waals surface area contributed by atoms with Gasteiger partial charge >= 0.3 is 5.63 Å². The number of aromatic nitrogens is 2. The lowest BCUT2D eigenvalue weighted by atomic mass is 10.1. The zero-order valence-corrected chi connectivity index (χ0v) is 18.8. The summed E-state index contributed by atoms with van der Waals surface area (Å²) in [5, 5.41) is 0.522. The summed E-state index contributed by atoms with van der Waals surface area (Å²) in [7, 11) is 1.62. The highest BCUT2D eigenvalue weighted by Gasteiger charge is 2.31. The van der Waals surface area contributed by atoms with Crippen LogP contribution in [0, 0.1) is 0 Å². The Kier molecular flexibility index (Phi) is 5.83. The van der Waals surface area contributed by atoms with Crippen LogP contribution in [0.1, 0.15) is 38.2 Å². The quantitative estimate of drug-likeness (QED) is 0.603. The molecule has 0 spiro atoms. The standard InChI is InChI=1S/C25H30N4O3/c1-3-17-14-19(31-2)15-21-22(17)25(30)32-24(27-21)20-8-7-10-26-23(20)29-13-9-18(16-29)28-11-5-4-6-12-28/h7-8,10,14-15,18H,3-6,9,11-13,16H2,1-2H3/t18-/m0/s1. The van der Waals surface area contributed by atoms with Crippen LogP contribution in [0.5, 0.6) is 5.75 Å². The van der Waals surface area contributed by atoms with Crippen molar-refractivity contribution in [2.45, 2.75) is 45.1 Å². The van der Waals surface area contributed by atoms with E-state index in [0.717, 1.165) is 36.5 Å². The van der Waals surface area contributed by atoms with E-state index in [0.29, 0.717) is 35.0 Å². The summed E-state index contributed by atoms with van der Waals surface area (Å²) in [5.74, 6) is 1.83. The number of hydrogen-bond acceptors (Lipinski definition) is 7. The second-order valence-electron chi connectivity index (χ2n) is 8.70. The normalized spacial score (nSPS) is 19.6. The number of likely N-dealkylation sites (tertiary alicyclic amines) is 1. The van der Waals surface area contributed by atoms with Crippen molar-refractivity contribution < 1.29 is 9.15 Å². The van der Waals surface area contributed by atoms with Crippen LogP contribution in [0.25, 0.3) is 22.4 Å². The van der Waals surface area contributed by atoms with E-state index in [1.54, 1.807) is 19.4 Å². The maximum Gasteiger partial charge on any atom is 0.347 e. The van der Waals surface area contributed by atoms with Gasteiger partial charge in [0, 0.05) is 31.4 Å². The molecule has 0 saturated carbocycles. The van der Waals surface area contributed by atoms with Gasteiger partial charge in [0.2, 0.25) is 5.89 Å². The number of nitrogens with zero attached hydrogens (tertiary/aromatic N) is 4. The molecule has 0 N–H and O–H groups in total. The summed E-state index contributed by atoms with van der Waals surface area (Å²) < 4.78 is 11.2. The van der Waals surface area contributed by atoms with Crippen molar-refractivity contribution in [1.82, 2.24) is 14.9 Å². The molecule has 2 aliphatic heterocycles. The van der Waals surface area contributed by atoms with Crippen LogP contribution >= 0.6 is 0 Å². The zero-order valence-electron chi connectivity index (χ0n) is 18.8. The van der Waals surface area contributed by atoms with Gasteiger partial charge in [0.05, 0.1) is 23.6 Å². The third kappa shape index (κ3) is 3.86. The van der Waals surface area contributed by atoms with E-state index in [1.165, 1.54) is 32.4 Å². The van der Waals surface area contributed by atoms with Crippen LogP contribution in [-0.4, -0.2) is 54.2 Å². The average Bonchev–Trinajstić information content (AvgIpc) is 3.34. The van der Waals surface area contributed by atoms with Crippen LogP contribution in [-0.2, 0) is 6.42 Å². The highest BCUT2D eigenvalue weighted by molar-refractivity contribution is 5.84. The molecular weight excluding hydrogens is 404 g/mol. The maximum atomic E-state index is 13.0. The molecule has 1 atom stereocenters. The molecule has 4 heterocycles. The number of aryl methyl sites for hydroxylation is 1. The van der Waals surface area contributed by atoms with E-state index in [1.807, 2.05) is 25.1 Å². The Bertz CT molecular complexity index is 1170. The second kappa shape index (κ2) is 8.90. The number of rotatable bonds is 5. The molecule has 0 aliphatic carbocycles. The summed E-state index contributed by atoms with van der Waals surface area (Å²) in [6.45, 7) is 6.27. The Morgan fingerprint density at radius 2 is 2.03 bits per heavy atom. The van der Waals surface area contributed by atoms with Gasteiger partial charge in [-0.1, -0.05) is 13.3 Å². The van der Waals surface area contributed by atoms with Crippen molar-refractivity contribution in [2.24, 2.45) is 0 Å². The largest absolute Gasteiger partial charge is 0.497 e. The highest BCUT2D eigenvalue weighted by Crippen LogP contribution is 2.32. The van der Waals surface area contributed by atoms with Crippen molar-refractivity contribution in [2.75, 3.05) is 38.2 Å². The highest BCUT2D eigenvalue weighted by atomic mass is 16.5. The van der Waals surface area contributed by atoms with Gasteiger partial charge in [-0.25, -0.2) is 14.8 Å². The molecule has 0 unspecified atom stereocenters. The van der Waals surface area contributed by atoms with E-state index < -0.39 is 0 Å². The Morgan fingerprint density at radius 1 is 1.19 bits per heavy atom. The lowest BCUT2D eigenvalue weighted by Crippen LogP contribution is -2.41. The molecule has 32 heavy (non-hydrogen) atoms. The van der Waals surface area contributed by atoms with Gasteiger partial charge in [0.25, 0.3) is 0 Å². The average molecular weight is 435 g/mol. The number of hydrogen-bond donors (Lipinski definition) is 0. The monoisotopic (exact) mass is 434 g/mol. The third-order valence-corrected chi connectivity index (χ3v) is 6.79. The van der Waals surface area contributed by atoms with Crippen molar-refractivity contribution in [3.05, 3.63) is 46.4 Å². The maximum absolute atomic E-state index is 13.0. The Hall–Kier alpha value is -2.93. The van der Waals surface area contributed by atoms with Crippen molar-refractivity contribution >= 4 is 16.7 Å². The van der Waals surface area contributed by atoms with Crippen LogP contribution in [0.2, 0.25) is 0 Å². The van der Waals surface area contributed by atoms with E-state index in [2.05, 4.69) is 14.8 Å². The van der Waals surface area contributed by atoms with Crippen molar-refractivity contribution in [3.63, 3.8) is 0 Å². The van der Waals surface area contributed by atoms with Gasteiger partial charge in [-0.05, 0) is 62.5 Å². The summed E-state index contributed by atoms with van der Waals surface area (Å²) in [6.07, 6.45) is 7.55. The van der Waals surface area contributed by atoms with Gasteiger partial charge in [-0.3, -0.25) is 4.90 Å². The minimum atomic E-state index is -0.369. The first-order valence-corrected chi connectivity index (χ1v) is 11.6. The first-order valence-electron chi connectivity index (χ1n) is 11.6. The fourth-order valence-corrected chi connectivity index (χ4v) is 5.10. The molecule has 3 aromatic rings. The number of piperidine rings is 1. The topological polar surface area (TPSA) is 71.7 Å². The Morgan fingerprint density at radius 3 is 2.81 bits per heavy atom. The first-order chi connectivity index (χ1) is 15.7. The van der Waals surface area contributed by atoms with Gasteiger partial charge in [0.15, 0.2) is 0 Å². The molecule has 2 aromatic heterocycles. The summed E-state index contributed by atoms with van der Waals surface area (Å²) in [6, 6.07) is 8.03. The van der Waals surface area contributed by atoms with Gasteiger partial charge in [-0.15, -0.1) is 0 Å². The molecule has 2 fully saturated rings. The predicted molar refractivity (Wildman–Crippen MR) is 125 cm³/mol. The Balaban J connectivity index is 1.52. The smallest absolute Gasteiger partial charge is 0.347 e. The lowest BCUT2D eigenvalue weighted by molar-refractivity contribution is 0.175. The number of methoxy groups -OCH3 is 1. The summed E-state index contributed by atoms with van der Waals surface area (Å²) in [4.78, 5) is 27.3. The van der Waals surface area contributed by atoms with Gasteiger partial charge in [0.1, 0.15) is 11.6 Å². The SMILES string of the molecule is CCc1cc(OC)cc2nc(-c3cccnc3N3CC[C@H](N4CCCCC4)C3)oc(=O)c12. The van der Waals surface area contributed by atoms with E-state index in [4.69, 9.17) is 14.1 Å². The molecule has 2 aliphatic rings. The summed E-state index contributed by atoms with van der Waals surface area (Å²) >= 11 is 0. The van der Waals surface area contributed by atoms with E-state index >= 15 is 0 Å². The van der Waals surface area contributed by atoms with E-state index in [9.17, 15) is 4.79 Å². The molecule has 168 valence electrons. The molecular formula is C25H30N4O3.